The molecular weight excluding hydrogens is 220 g/mol. The highest BCUT2D eigenvalue weighted by Gasteiger charge is 2.34. The lowest BCUT2D eigenvalue weighted by Gasteiger charge is -2.35. The maximum atomic E-state index is 12.0. The number of hydrogen-bond acceptors (Lipinski definition) is 1. The van der Waals surface area contributed by atoms with Crippen LogP contribution in [0.25, 0.3) is 0 Å². The molecule has 1 heteroatoms. The van der Waals surface area contributed by atoms with Crippen LogP contribution in [0.3, 0.4) is 0 Å². The SMILES string of the molecule is Cc1ccc([C@@]2(C)CC(=O)C=C(C(C)C)C2)cc1. The third-order valence-electron chi connectivity index (χ3n) is 4.00. The molecule has 0 amide bonds. The average Bonchev–Trinajstić information content (AvgIpc) is 2.28. The van der Waals surface area contributed by atoms with E-state index in [9.17, 15) is 4.79 Å². The minimum Gasteiger partial charge on any atom is -0.295 e. The molecule has 18 heavy (non-hydrogen) atoms. The highest BCUT2D eigenvalue weighted by Crippen LogP contribution is 2.39. The Morgan fingerprint density at radius 2 is 1.72 bits per heavy atom. The second-order valence-corrected chi connectivity index (χ2v) is 6.12. The minimum absolute atomic E-state index is 0.0286. The molecule has 0 fully saturated rings. The summed E-state index contributed by atoms with van der Waals surface area (Å²) in [6.07, 6.45) is 3.49. The Bertz CT molecular complexity index is 479. The first-order valence-electron chi connectivity index (χ1n) is 6.71. The van der Waals surface area contributed by atoms with Gasteiger partial charge in [-0.3, -0.25) is 4.79 Å². The molecule has 1 aliphatic rings. The smallest absolute Gasteiger partial charge is 0.156 e. The fraction of sp³-hybridized carbons (Fsp3) is 0.471. The molecule has 0 bridgehead atoms. The van der Waals surface area contributed by atoms with Gasteiger partial charge in [0.1, 0.15) is 0 Å². The first-order valence-corrected chi connectivity index (χ1v) is 6.71. The molecule has 0 heterocycles. The van der Waals surface area contributed by atoms with Crippen LogP contribution >= 0.6 is 0 Å². The molecule has 0 N–H and O–H groups in total. The molecule has 1 atom stereocenters. The van der Waals surface area contributed by atoms with E-state index in [1.807, 2.05) is 6.08 Å². The van der Waals surface area contributed by atoms with Gasteiger partial charge < -0.3 is 0 Å². The summed E-state index contributed by atoms with van der Waals surface area (Å²) in [6.45, 7) is 8.64. The van der Waals surface area contributed by atoms with Crippen LogP contribution in [0.1, 0.15) is 44.7 Å². The predicted molar refractivity (Wildman–Crippen MR) is 75.7 cm³/mol. The van der Waals surface area contributed by atoms with Crippen LogP contribution in [-0.2, 0) is 10.2 Å². The van der Waals surface area contributed by atoms with E-state index in [1.54, 1.807) is 0 Å². The standard InChI is InChI=1S/C17H22O/c1-12(2)14-9-16(18)11-17(4,10-14)15-7-5-13(3)6-8-15/h5-9,12H,10-11H2,1-4H3/t17-/m1/s1. The Balaban J connectivity index is 2.35. The zero-order valence-corrected chi connectivity index (χ0v) is 11.8. The van der Waals surface area contributed by atoms with Gasteiger partial charge in [0.05, 0.1) is 0 Å². The zero-order chi connectivity index (χ0) is 13.3. The highest BCUT2D eigenvalue weighted by atomic mass is 16.1. The summed E-state index contributed by atoms with van der Waals surface area (Å²) in [7, 11) is 0. The van der Waals surface area contributed by atoms with Crippen molar-refractivity contribution in [3.63, 3.8) is 0 Å². The molecule has 0 spiro atoms. The van der Waals surface area contributed by atoms with Gasteiger partial charge in [0.15, 0.2) is 5.78 Å². The first-order chi connectivity index (χ1) is 8.40. The van der Waals surface area contributed by atoms with Crippen LogP contribution in [0.4, 0.5) is 0 Å². The fourth-order valence-corrected chi connectivity index (χ4v) is 2.74. The Labute approximate surface area is 110 Å². The van der Waals surface area contributed by atoms with Crippen molar-refractivity contribution in [3.8, 4) is 0 Å². The molecular formula is C17H22O. The monoisotopic (exact) mass is 242 g/mol. The van der Waals surface area contributed by atoms with Crippen LogP contribution in [0.2, 0.25) is 0 Å². The van der Waals surface area contributed by atoms with Crippen molar-refractivity contribution in [1.82, 2.24) is 0 Å². The van der Waals surface area contributed by atoms with E-state index in [0.717, 1.165) is 6.42 Å². The molecule has 1 nitrogen and oxygen atoms in total. The van der Waals surface area contributed by atoms with E-state index >= 15 is 0 Å². The molecule has 96 valence electrons. The lowest BCUT2D eigenvalue weighted by atomic mass is 9.68. The topological polar surface area (TPSA) is 17.1 Å². The van der Waals surface area contributed by atoms with Crippen LogP contribution < -0.4 is 0 Å². The van der Waals surface area contributed by atoms with E-state index in [2.05, 4.69) is 52.0 Å². The normalized spacial score (nSPS) is 24.3. The van der Waals surface area contributed by atoms with E-state index in [4.69, 9.17) is 0 Å². The Morgan fingerprint density at radius 1 is 1.11 bits per heavy atom. The largest absolute Gasteiger partial charge is 0.295 e. The van der Waals surface area contributed by atoms with Gasteiger partial charge in [-0.15, -0.1) is 0 Å². The minimum atomic E-state index is -0.0286. The fourth-order valence-electron chi connectivity index (χ4n) is 2.74. The maximum Gasteiger partial charge on any atom is 0.156 e. The molecule has 0 aliphatic heterocycles. The van der Waals surface area contributed by atoms with Crippen molar-refractivity contribution in [3.05, 3.63) is 47.0 Å². The van der Waals surface area contributed by atoms with Gasteiger partial charge in [0, 0.05) is 11.8 Å². The van der Waals surface area contributed by atoms with Crippen LogP contribution in [0.5, 0.6) is 0 Å². The Morgan fingerprint density at radius 3 is 2.28 bits per heavy atom. The Kier molecular flexibility index (Phi) is 3.43. The molecule has 0 aromatic heterocycles. The molecule has 1 aromatic carbocycles. The Hall–Kier alpha value is -1.37. The van der Waals surface area contributed by atoms with Gasteiger partial charge in [-0.05, 0) is 30.9 Å². The summed E-state index contributed by atoms with van der Waals surface area (Å²) in [5, 5.41) is 0. The molecule has 0 saturated heterocycles. The predicted octanol–water partition coefficient (Wildman–Crippen LogP) is 4.20. The third kappa shape index (κ3) is 2.55. The van der Waals surface area contributed by atoms with Crippen molar-refractivity contribution in [2.45, 2.75) is 46.0 Å². The van der Waals surface area contributed by atoms with Crippen LogP contribution in [0.15, 0.2) is 35.9 Å². The second-order valence-electron chi connectivity index (χ2n) is 6.12. The number of benzene rings is 1. The third-order valence-corrected chi connectivity index (χ3v) is 4.00. The number of aryl methyl sites for hydroxylation is 1. The average molecular weight is 242 g/mol. The molecule has 1 aromatic rings. The van der Waals surface area contributed by atoms with E-state index in [-0.39, 0.29) is 11.2 Å². The van der Waals surface area contributed by atoms with Gasteiger partial charge in [0.2, 0.25) is 0 Å². The summed E-state index contributed by atoms with van der Waals surface area (Å²) in [4.78, 5) is 12.0. The summed E-state index contributed by atoms with van der Waals surface area (Å²) in [6, 6.07) is 8.62. The number of rotatable bonds is 2. The molecule has 2 rings (SSSR count). The lowest BCUT2D eigenvalue weighted by Crippen LogP contribution is -2.30. The van der Waals surface area contributed by atoms with Crippen LogP contribution in [0, 0.1) is 12.8 Å². The first kappa shape index (κ1) is 13.1. The highest BCUT2D eigenvalue weighted by molar-refractivity contribution is 5.92. The van der Waals surface area contributed by atoms with E-state index in [1.165, 1.54) is 16.7 Å². The maximum absolute atomic E-state index is 12.0. The molecule has 1 aliphatic carbocycles. The zero-order valence-electron chi connectivity index (χ0n) is 11.8. The van der Waals surface area contributed by atoms with Crippen molar-refractivity contribution >= 4 is 5.78 Å². The number of carbonyl (C=O) groups is 1. The number of carbonyl (C=O) groups excluding carboxylic acids is 1. The lowest BCUT2D eigenvalue weighted by molar-refractivity contribution is -0.116. The number of ketones is 1. The summed E-state index contributed by atoms with van der Waals surface area (Å²) in [5.74, 6) is 0.729. The second kappa shape index (κ2) is 4.72. The van der Waals surface area contributed by atoms with Gasteiger partial charge in [-0.1, -0.05) is 56.2 Å². The quantitative estimate of drug-likeness (QED) is 0.759. The molecule has 0 saturated carbocycles. The van der Waals surface area contributed by atoms with E-state index < -0.39 is 0 Å². The summed E-state index contributed by atoms with van der Waals surface area (Å²) in [5.41, 5.74) is 3.81. The van der Waals surface area contributed by atoms with Gasteiger partial charge >= 0.3 is 0 Å². The van der Waals surface area contributed by atoms with Crippen molar-refractivity contribution in [2.75, 3.05) is 0 Å². The van der Waals surface area contributed by atoms with Crippen molar-refractivity contribution < 1.29 is 4.79 Å². The van der Waals surface area contributed by atoms with Crippen molar-refractivity contribution in [1.29, 1.82) is 0 Å². The van der Waals surface area contributed by atoms with Gasteiger partial charge in [0.25, 0.3) is 0 Å². The molecule has 0 unspecified atom stereocenters. The number of hydrogen-bond donors (Lipinski definition) is 0. The van der Waals surface area contributed by atoms with Gasteiger partial charge in [-0.2, -0.15) is 0 Å². The summed E-state index contributed by atoms with van der Waals surface area (Å²) < 4.78 is 0. The van der Waals surface area contributed by atoms with E-state index in [0.29, 0.717) is 12.3 Å². The molecule has 0 radical (unpaired) electrons. The van der Waals surface area contributed by atoms with Crippen LogP contribution in [-0.4, -0.2) is 5.78 Å². The van der Waals surface area contributed by atoms with Gasteiger partial charge in [-0.25, -0.2) is 0 Å². The number of allylic oxidation sites excluding steroid dienone is 2. The summed E-state index contributed by atoms with van der Waals surface area (Å²) >= 11 is 0. The van der Waals surface area contributed by atoms with Crippen molar-refractivity contribution in [2.24, 2.45) is 5.92 Å².